The molecule has 0 radical (unpaired) electrons. The van der Waals surface area contributed by atoms with Crippen LogP contribution in [0.5, 0.6) is 5.75 Å². The highest BCUT2D eigenvalue weighted by Crippen LogP contribution is 2.44. The monoisotopic (exact) mass is 887 g/mol. The number of halogens is 1. The van der Waals surface area contributed by atoms with Gasteiger partial charge < -0.3 is 33.1 Å². The first-order valence-electron chi connectivity index (χ1n) is 19.1. The summed E-state index contributed by atoms with van der Waals surface area (Å²) in [6.45, 7) is 31.2. The van der Waals surface area contributed by atoms with Crippen molar-refractivity contribution in [2.75, 3.05) is 20.2 Å². The molecule has 0 aliphatic carbocycles. The minimum atomic E-state index is -2.26. The number of carboxylic acid groups (broad SMARTS) is 1. The Morgan fingerprint density at radius 1 is 1.00 bits per heavy atom. The Kier molecular flexibility index (Phi) is 18.5. The van der Waals surface area contributed by atoms with Crippen LogP contribution in [-0.4, -0.2) is 89.2 Å². The molecule has 302 valence electrons. The molecule has 53 heavy (non-hydrogen) atoms. The zero-order valence-electron chi connectivity index (χ0n) is 34.9. The molecule has 1 aliphatic heterocycles. The van der Waals surface area contributed by atoms with E-state index in [1.807, 2.05) is 34.4 Å². The molecule has 0 unspecified atom stereocenters. The lowest BCUT2D eigenvalue weighted by molar-refractivity contribution is -0.179. The van der Waals surface area contributed by atoms with Crippen molar-refractivity contribution in [1.29, 1.82) is 0 Å². The van der Waals surface area contributed by atoms with E-state index >= 15 is 0 Å². The van der Waals surface area contributed by atoms with Gasteiger partial charge in [0.1, 0.15) is 11.5 Å². The number of rotatable bonds is 20. The third-order valence-corrected chi connectivity index (χ3v) is 20.9. The van der Waals surface area contributed by atoms with Crippen molar-refractivity contribution < 1.29 is 37.8 Å². The first-order chi connectivity index (χ1) is 24.5. The Balaban J connectivity index is 2.36. The van der Waals surface area contributed by atoms with Crippen molar-refractivity contribution in [2.45, 2.75) is 154 Å². The zero-order valence-corrected chi connectivity index (χ0v) is 39.0. The minimum Gasteiger partial charge on any atom is -0.497 e. The fourth-order valence-corrected chi connectivity index (χ4v) is 9.24. The van der Waals surface area contributed by atoms with Crippen LogP contribution < -0.4 is 4.74 Å². The third-order valence-electron chi connectivity index (χ3n) is 11.5. The molecule has 0 aromatic heterocycles. The summed E-state index contributed by atoms with van der Waals surface area (Å²) < 4.78 is 34.8. The van der Waals surface area contributed by atoms with E-state index in [-0.39, 0.29) is 71.3 Å². The van der Waals surface area contributed by atoms with Gasteiger partial charge >= 0.3 is 6.09 Å². The molecule has 1 amide bonds. The molecule has 1 aliphatic rings. The Hall–Kier alpha value is -1.56. The normalized spacial score (nSPS) is 21.9. The van der Waals surface area contributed by atoms with Crippen LogP contribution in [0.4, 0.5) is 4.79 Å². The van der Waals surface area contributed by atoms with E-state index in [2.05, 4.69) is 111 Å². The van der Waals surface area contributed by atoms with Crippen LogP contribution in [0.25, 0.3) is 0 Å². The summed E-state index contributed by atoms with van der Waals surface area (Å²) in [5.41, 5.74) is 1.04. The van der Waals surface area contributed by atoms with Gasteiger partial charge in [0.15, 0.2) is 16.6 Å². The summed E-state index contributed by atoms with van der Waals surface area (Å²) in [4.78, 5) is 27.2. The maximum atomic E-state index is 13.8. The minimum absolute atomic E-state index is 0.0285. The highest BCUT2D eigenvalue weighted by Gasteiger charge is 2.49. The number of methoxy groups -OCH3 is 1. The number of hydrogen-bond acceptors (Lipinski definition) is 7. The van der Waals surface area contributed by atoms with Crippen molar-refractivity contribution in [2.24, 2.45) is 11.8 Å². The standard InChI is InChI=1S/C41H70INO8Si2/c1-15-23-43(39(45)46)24-21-35-36(50-52(11,12)40(4,5)6)27-37(51-53(13,14)41(7,8)9)38(49-35)30(3)26-32(44)25-29(2)34(20-22-42)48-28-31-16-18-33(47-10)19-17-31/h15-20,22,29-30,34-38H,1,21,23-28H2,2-14H3,(H,45,46)/b22-20+/t29-,30-,34+,35+,36+,37-,38-/m0/s1. The molecule has 0 bridgehead atoms. The lowest BCUT2D eigenvalue weighted by Gasteiger charge is -2.50. The number of Topliss-reactive ketones (excluding diaryl/α,β-unsaturated/α-hetero) is 1. The molecule has 0 spiro atoms. The summed E-state index contributed by atoms with van der Waals surface area (Å²) in [6.07, 6.45) is 2.94. The Bertz CT molecular complexity index is 1340. The molecule has 1 aromatic carbocycles. The maximum Gasteiger partial charge on any atom is 0.407 e. The number of amides is 1. The molecule has 2 rings (SSSR count). The van der Waals surface area contributed by atoms with E-state index in [1.165, 1.54) is 4.90 Å². The fourth-order valence-electron chi connectivity index (χ4n) is 6.13. The molecule has 1 saturated heterocycles. The quantitative estimate of drug-likeness (QED) is 0.0784. The highest BCUT2D eigenvalue weighted by molar-refractivity contribution is 14.1. The van der Waals surface area contributed by atoms with Crippen LogP contribution in [0.3, 0.4) is 0 Å². The van der Waals surface area contributed by atoms with Gasteiger partial charge in [0.2, 0.25) is 0 Å². The number of nitrogens with zero attached hydrogens (tertiary/aromatic N) is 1. The maximum absolute atomic E-state index is 13.8. The van der Waals surface area contributed by atoms with Gasteiger partial charge in [-0.1, -0.05) is 96.2 Å². The molecule has 1 fully saturated rings. The Morgan fingerprint density at radius 3 is 2.06 bits per heavy atom. The van der Waals surface area contributed by atoms with Gasteiger partial charge in [-0.3, -0.25) is 4.79 Å². The van der Waals surface area contributed by atoms with Crippen molar-refractivity contribution >= 4 is 51.1 Å². The smallest absolute Gasteiger partial charge is 0.407 e. The molecule has 1 aromatic rings. The van der Waals surface area contributed by atoms with Crippen molar-refractivity contribution in [1.82, 2.24) is 4.90 Å². The zero-order chi connectivity index (χ0) is 40.4. The average molecular weight is 888 g/mol. The number of carbonyl (C=O) groups is 2. The van der Waals surface area contributed by atoms with Crippen molar-refractivity contribution in [3.63, 3.8) is 0 Å². The highest BCUT2D eigenvalue weighted by atomic mass is 127. The Labute approximate surface area is 337 Å². The lowest BCUT2D eigenvalue weighted by atomic mass is 9.85. The average Bonchev–Trinajstić information content (AvgIpc) is 3.04. The predicted molar refractivity (Wildman–Crippen MR) is 229 cm³/mol. The van der Waals surface area contributed by atoms with Crippen LogP contribution in [0.1, 0.15) is 86.6 Å². The van der Waals surface area contributed by atoms with Gasteiger partial charge in [-0.25, -0.2) is 4.79 Å². The molecule has 9 nitrogen and oxygen atoms in total. The summed E-state index contributed by atoms with van der Waals surface area (Å²) in [6, 6.07) is 7.81. The number of benzene rings is 1. The first-order valence-corrected chi connectivity index (χ1v) is 26.2. The van der Waals surface area contributed by atoms with E-state index in [0.717, 1.165) is 11.3 Å². The van der Waals surface area contributed by atoms with Crippen molar-refractivity contribution in [3.05, 3.63) is 52.6 Å². The summed E-state index contributed by atoms with van der Waals surface area (Å²) in [7, 11) is -2.86. The van der Waals surface area contributed by atoms with Gasteiger partial charge in [0.25, 0.3) is 0 Å². The SMILES string of the molecule is C=CCN(CC[C@H]1O[C@@H]([C@@H](C)CC(=O)C[C@H](C)[C@@H](/C=C/I)OCc2ccc(OC)cc2)[C@@H](O[Si](C)(C)C(C)(C)C)C[C@H]1O[Si](C)(C)C(C)(C)C)C(=O)O. The third kappa shape index (κ3) is 14.5. The number of carbonyl (C=O) groups excluding carboxylic acids is 1. The molecule has 1 heterocycles. The second kappa shape index (κ2) is 20.6. The van der Waals surface area contributed by atoms with E-state index in [0.29, 0.717) is 32.3 Å². The van der Waals surface area contributed by atoms with E-state index < -0.39 is 22.7 Å². The molecule has 12 heteroatoms. The summed E-state index contributed by atoms with van der Waals surface area (Å²) in [5, 5.41) is 9.82. The Morgan fingerprint density at radius 2 is 1.57 bits per heavy atom. The fraction of sp³-hybridized carbons (Fsp3) is 0.707. The number of hydrogen-bond donors (Lipinski definition) is 1. The second-order valence-corrected chi connectivity index (χ2v) is 28.1. The summed E-state index contributed by atoms with van der Waals surface area (Å²) in [5.74, 6) is 0.777. The number of ketones is 1. The van der Waals surface area contributed by atoms with Crippen molar-refractivity contribution in [3.8, 4) is 5.75 Å². The van der Waals surface area contributed by atoms with Gasteiger partial charge in [-0.05, 0) is 82.4 Å². The van der Waals surface area contributed by atoms with Crippen LogP contribution >= 0.6 is 22.6 Å². The summed E-state index contributed by atoms with van der Waals surface area (Å²) >= 11 is 2.20. The molecule has 1 N–H and O–H groups in total. The van der Waals surface area contributed by atoms with E-state index in [9.17, 15) is 14.7 Å². The first kappa shape index (κ1) is 47.6. The lowest BCUT2D eigenvalue weighted by Crippen LogP contribution is -2.59. The van der Waals surface area contributed by atoms with E-state index in [1.54, 1.807) is 13.2 Å². The molecule has 7 atom stereocenters. The largest absolute Gasteiger partial charge is 0.497 e. The topological polar surface area (TPSA) is 104 Å². The molecular formula is C41H70INO8Si2. The van der Waals surface area contributed by atoms with Gasteiger partial charge in [0, 0.05) is 32.4 Å². The van der Waals surface area contributed by atoms with Gasteiger partial charge in [-0.15, -0.1) is 6.58 Å². The van der Waals surface area contributed by atoms with E-state index in [4.69, 9.17) is 23.1 Å². The van der Waals surface area contributed by atoms with Crippen LogP contribution in [0.15, 0.2) is 47.1 Å². The molecule has 0 saturated carbocycles. The number of ether oxygens (including phenoxy) is 3. The van der Waals surface area contributed by atoms with Crippen LogP contribution in [0.2, 0.25) is 36.3 Å². The second-order valence-electron chi connectivity index (χ2n) is 17.9. The van der Waals surface area contributed by atoms with Crippen LogP contribution in [0, 0.1) is 11.8 Å². The van der Waals surface area contributed by atoms with Gasteiger partial charge in [0.05, 0.1) is 44.2 Å². The molecular weight excluding hydrogens is 818 g/mol. The van der Waals surface area contributed by atoms with Gasteiger partial charge in [-0.2, -0.15) is 0 Å². The predicted octanol–water partition coefficient (Wildman–Crippen LogP) is 10.6. The van der Waals surface area contributed by atoms with Crippen LogP contribution in [-0.2, 0) is 29.7 Å².